The maximum atomic E-state index is 9.85. The molecule has 0 amide bonds. The Bertz CT molecular complexity index is 358. The third-order valence-corrected chi connectivity index (χ3v) is 2.71. The number of furan rings is 1. The van der Waals surface area contributed by atoms with E-state index < -0.39 is 0 Å². The lowest BCUT2D eigenvalue weighted by Gasteiger charge is -2.31. The summed E-state index contributed by atoms with van der Waals surface area (Å²) in [5.74, 6) is 2.71. The van der Waals surface area contributed by atoms with Crippen LogP contribution in [0.4, 0.5) is 0 Å². The molecule has 2 nitrogen and oxygen atoms in total. The Balaban J connectivity index is 0.000000317. The molecule has 0 aliphatic heterocycles. The van der Waals surface area contributed by atoms with E-state index >= 15 is 0 Å². The SMILES string of the molecule is CC(C)C.Cc1cc2c(o1)CC(C)(C)CC2O. The Morgan fingerprint density at radius 2 is 1.88 bits per heavy atom. The van der Waals surface area contributed by atoms with Gasteiger partial charge in [-0.3, -0.25) is 0 Å². The van der Waals surface area contributed by atoms with E-state index in [4.69, 9.17) is 4.42 Å². The van der Waals surface area contributed by atoms with Crippen molar-refractivity contribution in [2.24, 2.45) is 11.3 Å². The van der Waals surface area contributed by atoms with Gasteiger partial charge in [-0.15, -0.1) is 0 Å². The van der Waals surface area contributed by atoms with Crippen molar-refractivity contribution in [2.75, 3.05) is 0 Å². The number of aliphatic hydroxyl groups is 1. The van der Waals surface area contributed by atoms with Crippen molar-refractivity contribution in [1.82, 2.24) is 0 Å². The Morgan fingerprint density at radius 3 is 2.41 bits per heavy atom. The first-order valence-electron chi connectivity index (χ1n) is 6.48. The minimum absolute atomic E-state index is 0.163. The van der Waals surface area contributed by atoms with Crippen molar-refractivity contribution in [3.63, 3.8) is 0 Å². The van der Waals surface area contributed by atoms with Crippen LogP contribution in [0.15, 0.2) is 10.5 Å². The second-order valence-corrected chi connectivity index (χ2v) is 6.53. The molecule has 1 atom stereocenters. The van der Waals surface area contributed by atoms with E-state index in [-0.39, 0.29) is 11.5 Å². The smallest absolute Gasteiger partial charge is 0.110 e. The van der Waals surface area contributed by atoms with Gasteiger partial charge in [0.15, 0.2) is 0 Å². The van der Waals surface area contributed by atoms with Crippen molar-refractivity contribution in [1.29, 1.82) is 0 Å². The topological polar surface area (TPSA) is 33.4 Å². The summed E-state index contributed by atoms with van der Waals surface area (Å²) >= 11 is 0. The molecule has 1 aromatic heterocycles. The Kier molecular flexibility index (Phi) is 4.42. The van der Waals surface area contributed by atoms with Gasteiger partial charge in [-0.1, -0.05) is 34.6 Å². The standard InChI is InChI=1S/C11H16O2.C4H10/c1-7-4-8-9(12)5-11(2,3)6-10(8)13-7;1-4(2)3/h4,9,12H,5-6H2,1-3H3;4H,1-3H3. The summed E-state index contributed by atoms with van der Waals surface area (Å²) in [5, 5.41) is 9.85. The lowest BCUT2D eigenvalue weighted by atomic mass is 9.76. The van der Waals surface area contributed by atoms with E-state index in [0.717, 1.165) is 35.8 Å². The second-order valence-electron chi connectivity index (χ2n) is 6.53. The van der Waals surface area contributed by atoms with Crippen LogP contribution in [-0.2, 0) is 6.42 Å². The highest BCUT2D eigenvalue weighted by molar-refractivity contribution is 5.27. The van der Waals surface area contributed by atoms with Gasteiger partial charge >= 0.3 is 0 Å². The van der Waals surface area contributed by atoms with Crippen molar-refractivity contribution in [3.05, 3.63) is 23.2 Å². The van der Waals surface area contributed by atoms with E-state index in [1.165, 1.54) is 0 Å². The maximum absolute atomic E-state index is 9.85. The predicted octanol–water partition coefficient (Wildman–Crippen LogP) is 4.26. The first kappa shape index (κ1) is 14.3. The van der Waals surface area contributed by atoms with E-state index in [0.29, 0.717) is 0 Å². The predicted molar refractivity (Wildman–Crippen MR) is 71.0 cm³/mol. The third kappa shape index (κ3) is 4.19. The first-order valence-corrected chi connectivity index (χ1v) is 6.48. The van der Waals surface area contributed by atoms with Gasteiger partial charge in [0.1, 0.15) is 11.5 Å². The molecule has 0 aromatic carbocycles. The van der Waals surface area contributed by atoms with Crippen LogP contribution in [0.5, 0.6) is 0 Å². The van der Waals surface area contributed by atoms with Gasteiger partial charge in [0, 0.05) is 12.0 Å². The molecule has 0 radical (unpaired) electrons. The zero-order valence-electron chi connectivity index (χ0n) is 12.0. The molecule has 2 heteroatoms. The van der Waals surface area contributed by atoms with Crippen molar-refractivity contribution in [2.45, 2.75) is 60.5 Å². The van der Waals surface area contributed by atoms with Gasteiger partial charge in [0.25, 0.3) is 0 Å². The number of fused-ring (bicyclic) bond motifs is 1. The number of rotatable bonds is 0. The van der Waals surface area contributed by atoms with E-state index in [9.17, 15) is 5.11 Å². The van der Waals surface area contributed by atoms with E-state index in [2.05, 4.69) is 34.6 Å². The summed E-state index contributed by atoms with van der Waals surface area (Å²) in [7, 11) is 0. The third-order valence-electron chi connectivity index (χ3n) is 2.71. The zero-order chi connectivity index (χ0) is 13.2. The first-order chi connectivity index (χ1) is 7.71. The highest BCUT2D eigenvalue weighted by Crippen LogP contribution is 2.41. The van der Waals surface area contributed by atoms with Crippen LogP contribution >= 0.6 is 0 Å². The summed E-state index contributed by atoms with van der Waals surface area (Å²) in [4.78, 5) is 0. The molecule has 0 spiro atoms. The monoisotopic (exact) mass is 238 g/mol. The second kappa shape index (κ2) is 5.26. The lowest BCUT2D eigenvalue weighted by Crippen LogP contribution is -2.24. The summed E-state index contributed by atoms with van der Waals surface area (Å²) in [6.45, 7) is 12.8. The molecule has 2 rings (SSSR count). The van der Waals surface area contributed by atoms with Gasteiger partial charge in [-0.25, -0.2) is 0 Å². The van der Waals surface area contributed by atoms with Crippen molar-refractivity contribution in [3.8, 4) is 0 Å². The zero-order valence-corrected chi connectivity index (χ0v) is 12.0. The van der Waals surface area contributed by atoms with Crippen LogP contribution in [0.3, 0.4) is 0 Å². The highest BCUT2D eigenvalue weighted by Gasteiger charge is 2.33. The minimum atomic E-state index is -0.337. The van der Waals surface area contributed by atoms with Gasteiger partial charge in [0.05, 0.1) is 6.10 Å². The summed E-state index contributed by atoms with van der Waals surface area (Å²) < 4.78 is 5.55. The number of hydrogen-bond acceptors (Lipinski definition) is 2. The highest BCUT2D eigenvalue weighted by atomic mass is 16.3. The van der Waals surface area contributed by atoms with Crippen LogP contribution in [0.25, 0.3) is 0 Å². The Labute approximate surface area is 105 Å². The molecule has 17 heavy (non-hydrogen) atoms. The number of hydrogen-bond donors (Lipinski definition) is 1. The van der Waals surface area contributed by atoms with Crippen LogP contribution in [0, 0.1) is 18.3 Å². The van der Waals surface area contributed by atoms with Crippen LogP contribution < -0.4 is 0 Å². The molecule has 1 unspecified atom stereocenters. The fourth-order valence-corrected chi connectivity index (χ4v) is 2.14. The molecule has 1 aliphatic rings. The van der Waals surface area contributed by atoms with Crippen molar-refractivity contribution < 1.29 is 9.52 Å². The molecule has 0 fully saturated rings. The average molecular weight is 238 g/mol. The summed E-state index contributed by atoms with van der Waals surface area (Å²) in [6, 6.07) is 1.95. The summed E-state index contributed by atoms with van der Waals surface area (Å²) in [6.07, 6.45) is 1.43. The fourth-order valence-electron chi connectivity index (χ4n) is 2.14. The molecule has 1 aliphatic carbocycles. The number of aliphatic hydroxyl groups excluding tert-OH is 1. The van der Waals surface area contributed by atoms with Crippen LogP contribution in [-0.4, -0.2) is 5.11 Å². The lowest BCUT2D eigenvalue weighted by molar-refractivity contribution is 0.0932. The van der Waals surface area contributed by atoms with E-state index in [1.54, 1.807) is 0 Å². The maximum Gasteiger partial charge on any atom is 0.110 e. The van der Waals surface area contributed by atoms with Crippen molar-refractivity contribution >= 4 is 0 Å². The van der Waals surface area contributed by atoms with E-state index in [1.807, 2.05) is 13.0 Å². The molecule has 0 bridgehead atoms. The molecule has 0 saturated carbocycles. The van der Waals surface area contributed by atoms with Crippen LogP contribution in [0.2, 0.25) is 0 Å². The molecule has 1 N–H and O–H groups in total. The van der Waals surface area contributed by atoms with Gasteiger partial charge in [-0.05, 0) is 30.7 Å². The molecule has 1 heterocycles. The quantitative estimate of drug-likeness (QED) is 0.732. The molecular weight excluding hydrogens is 212 g/mol. The molecule has 1 aromatic rings. The largest absolute Gasteiger partial charge is 0.466 e. The summed E-state index contributed by atoms with van der Waals surface area (Å²) in [5.41, 5.74) is 1.16. The Morgan fingerprint density at radius 1 is 1.35 bits per heavy atom. The van der Waals surface area contributed by atoms with Crippen LogP contribution in [0.1, 0.15) is 64.2 Å². The molecule has 0 saturated heterocycles. The Hall–Kier alpha value is -0.760. The average Bonchev–Trinajstić information content (AvgIpc) is 2.42. The minimum Gasteiger partial charge on any atom is -0.466 e. The number of aryl methyl sites for hydroxylation is 1. The van der Waals surface area contributed by atoms with Gasteiger partial charge < -0.3 is 9.52 Å². The van der Waals surface area contributed by atoms with Gasteiger partial charge in [0.2, 0.25) is 0 Å². The van der Waals surface area contributed by atoms with Gasteiger partial charge in [-0.2, -0.15) is 0 Å². The molecule has 98 valence electrons. The molecular formula is C15H26O2. The fraction of sp³-hybridized carbons (Fsp3) is 0.733. The normalized spacial score (nSPS) is 21.8.